The summed E-state index contributed by atoms with van der Waals surface area (Å²) in [6, 6.07) is 11.2. The van der Waals surface area contributed by atoms with Gasteiger partial charge in [-0.3, -0.25) is 0 Å². The first-order valence-electron chi connectivity index (χ1n) is 10.6. The minimum atomic E-state index is -0.345. The van der Waals surface area contributed by atoms with Gasteiger partial charge in [0.15, 0.2) is 0 Å². The lowest BCUT2D eigenvalue weighted by Crippen LogP contribution is -2.45. The van der Waals surface area contributed by atoms with Gasteiger partial charge in [-0.1, -0.05) is 12.1 Å². The number of nitrogens with zero attached hydrogens (tertiary/aromatic N) is 1. The van der Waals surface area contributed by atoms with Crippen LogP contribution in [0.3, 0.4) is 0 Å². The summed E-state index contributed by atoms with van der Waals surface area (Å²) in [6.45, 7) is 0. The molecule has 1 aromatic heterocycles. The number of imidazole rings is 1. The predicted molar refractivity (Wildman–Crippen MR) is 131 cm³/mol. The van der Waals surface area contributed by atoms with Crippen LogP contribution in [0.1, 0.15) is 43.1 Å². The molecule has 1 unspecified atom stereocenters. The number of methoxy groups -OCH3 is 1. The average molecular weight is 566 g/mol. The molecule has 1 atom stereocenters. The second kappa shape index (κ2) is 10.2. The van der Waals surface area contributed by atoms with E-state index < -0.39 is 0 Å². The van der Waals surface area contributed by atoms with Gasteiger partial charge in [-0.2, -0.15) is 0 Å². The number of hydrogen-bond acceptors (Lipinski definition) is 4. The number of carbonyl (C=O) groups excluding carboxylic acids is 1. The maximum absolute atomic E-state index is 12.8. The third-order valence-corrected chi connectivity index (χ3v) is 7.65. The highest BCUT2D eigenvalue weighted by Crippen LogP contribution is 2.29. The van der Waals surface area contributed by atoms with Gasteiger partial charge in [0.05, 0.1) is 30.3 Å². The van der Waals surface area contributed by atoms with Crippen LogP contribution in [0.15, 0.2) is 45.3 Å². The number of rotatable bonds is 6. The molecule has 1 saturated carbocycles. The minimum Gasteiger partial charge on any atom is -0.497 e. The summed E-state index contributed by atoms with van der Waals surface area (Å²) < 4.78 is 7.10. The summed E-state index contributed by atoms with van der Waals surface area (Å²) in [6.07, 6.45) is 3.31. The van der Waals surface area contributed by atoms with Crippen LogP contribution in [0.5, 0.6) is 5.75 Å². The average Bonchev–Trinajstić information content (AvgIpc) is 3.18. The third-order valence-electron chi connectivity index (χ3n) is 5.81. The number of H-pyrrole nitrogens is 1. The number of aromatic nitrogens is 2. The number of benzene rings is 2. The Morgan fingerprint density at radius 1 is 1.19 bits per heavy atom. The number of fused-ring (bicyclic) bond motifs is 1. The lowest BCUT2D eigenvalue weighted by atomic mass is 9.93. The van der Waals surface area contributed by atoms with E-state index in [4.69, 9.17) is 9.72 Å². The van der Waals surface area contributed by atoms with Gasteiger partial charge < -0.3 is 25.5 Å². The number of aromatic amines is 1. The molecule has 0 aliphatic heterocycles. The summed E-state index contributed by atoms with van der Waals surface area (Å²) in [4.78, 5) is 20.9. The predicted octanol–water partition coefficient (Wildman–Crippen LogP) is 4.98. The number of nitrogens with one attached hydrogen (secondary N) is 3. The van der Waals surface area contributed by atoms with Crippen LogP contribution in [0.4, 0.5) is 4.79 Å². The van der Waals surface area contributed by atoms with E-state index in [1.165, 1.54) is 0 Å². The molecule has 1 aliphatic carbocycles. The van der Waals surface area contributed by atoms with Crippen molar-refractivity contribution < 1.29 is 14.6 Å². The van der Waals surface area contributed by atoms with E-state index in [0.717, 1.165) is 44.1 Å². The Hall–Kier alpha value is -2.10. The van der Waals surface area contributed by atoms with Crippen molar-refractivity contribution in [1.82, 2.24) is 20.6 Å². The summed E-state index contributed by atoms with van der Waals surface area (Å²) in [5, 5.41) is 15.9. The van der Waals surface area contributed by atoms with Gasteiger partial charge in [-0.15, -0.1) is 0 Å². The van der Waals surface area contributed by atoms with E-state index in [1.807, 2.05) is 36.4 Å². The van der Waals surface area contributed by atoms with Gasteiger partial charge in [-0.05, 0) is 93.8 Å². The lowest BCUT2D eigenvalue weighted by molar-refractivity contribution is 0.117. The normalized spacial score (nSPS) is 19.5. The van der Waals surface area contributed by atoms with E-state index in [9.17, 15) is 9.90 Å². The molecular formula is C23H26Br2N4O3. The molecule has 3 aromatic rings. The minimum absolute atomic E-state index is 0.0719. The summed E-state index contributed by atoms with van der Waals surface area (Å²) in [5.41, 5.74) is 2.76. The first kappa shape index (κ1) is 23.1. The van der Waals surface area contributed by atoms with Crippen LogP contribution >= 0.6 is 31.9 Å². The molecule has 1 aliphatic rings. The second-order valence-electron chi connectivity index (χ2n) is 8.13. The fourth-order valence-electron chi connectivity index (χ4n) is 4.01. The van der Waals surface area contributed by atoms with E-state index in [-0.39, 0.29) is 24.2 Å². The fourth-order valence-corrected chi connectivity index (χ4v) is 4.68. The first-order valence-corrected chi connectivity index (χ1v) is 12.2. The van der Waals surface area contributed by atoms with Crippen molar-refractivity contribution >= 4 is 48.9 Å². The Bertz CT molecular complexity index is 1040. The van der Waals surface area contributed by atoms with Crippen LogP contribution < -0.4 is 15.4 Å². The van der Waals surface area contributed by atoms with Crippen molar-refractivity contribution in [3.05, 3.63) is 56.7 Å². The van der Waals surface area contributed by atoms with Crippen LogP contribution in [0, 0.1) is 0 Å². The maximum atomic E-state index is 12.8. The molecule has 0 bridgehead atoms. The van der Waals surface area contributed by atoms with Gasteiger partial charge >= 0.3 is 6.03 Å². The van der Waals surface area contributed by atoms with E-state index in [0.29, 0.717) is 25.1 Å². The topological polar surface area (TPSA) is 99.3 Å². The molecule has 4 rings (SSSR count). The van der Waals surface area contributed by atoms with Gasteiger partial charge in [0.2, 0.25) is 0 Å². The Morgan fingerprint density at radius 3 is 2.56 bits per heavy atom. The van der Waals surface area contributed by atoms with Crippen molar-refractivity contribution in [1.29, 1.82) is 0 Å². The van der Waals surface area contributed by atoms with Crippen LogP contribution in [0.25, 0.3) is 11.0 Å². The third kappa shape index (κ3) is 5.63. The highest BCUT2D eigenvalue weighted by Gasteiger charge is 2.24. The van der Waals surface area contributed by atoms with Gasteiger partial charge in [-0.25, -0.2) is 9.78 Å². The van der Waals surface area contributed by atoms with Crippen LogP contribution in [-0.4, -0.2) is 40.4 Å². The standard InChI is InChI=1S/C23H26Br2N4O3/c1-32-16-8-2-13(3-9-16)10-21(29-23(31)26-14-4-6-15(30)7-5-14)22-27-19-11-17(24)18(25)12-20(19)28-22/h2-3,8-9,11-12,14-15,21,30H,4-7,10H2,1H3,(H,27,28)(H2,26,29,31)/t14-,15-,21?. The largest absolute Gasteiger partial charge is 0.497 e. The van der Waals surface area contributed by atoms with E-state index in [1.54, 1.807) is 7.11 Å². The summed E-state index contributed by atoms with van der Waals surface area (Å²) in [7, 11) is 1.64. The highest BCUT2D eigenvalue weighted by atomic mass is 79.9. The number of hydrogen-bond donors (Lipinski definition) is 4. The van der Waals surface area contributed by atoms with Crippen molar-refractivity contribution in [2.45, 2.75) is 50.3 Å². The SMILES string of the molecule is COc1ccc(CC(NC(=O)N[C@H]2CC[C@H](O)CC2)c2nc3cc(Br)c(Br)cc3[nH]2)cc1. The van der Waals surface area contributed by atoms with E-state index in [2.05, 4.69) is 47.5 Å². The molecule has 4 N–H and O–H groups in total. The molecule has 9 heteroatoms. The van der Waals surface area contributed by atoms with Crippen molar-refractivity contribution in [3.8, 4) is 5.75 Å². The summed E-state index contributed by atoms with van der Waals surface area (Å²) >= 11 is 7.05. The number of ether oxygens (including phenoxy) is 1. The molecule has 170 valence electrons. The van der Waals surface area contributed by atoms with Crippen molar-refractivity contribution in [2.24, 2.45) is 0 Å². The van der Waals surface area contributed by atoms with Crippen molar-refractivity contribution in [2.75, 3.05) is 7.11 Å². The summed E-state index contributed by atoms with van der Waals surface area (Å²) in [5.74, 6) is 1.48. The Labute approximate surface area is 203 Å². The zero-order chi connectivity index (χ0) is 22.7. The zero-order valence-electron chi connectivity index (χ0n) is 17.7. The monoisotopic (exact) mass is 564 g/mol. The highest BCUT2D eigenvalue weighted by molar-refractivity contribution is 9.13. The molecular weight excluding hydrogens is 540 g/mol. The quantitative estimate of drug-likeness (QED) is 0.338. The first-order chi connectivity index (χ1) is 15.4. The van der Waals surface area contributed by atoms with Gasteiger partial charge in [0, 0.05) is 15.0 Å². The number of aliphatic hydroxyl groups is 1. The smallest absolute Gasteiger partial charge is 0.315 e. The molecule has 32 heavy (non-hydrogen) atoms. The van der Waals surface area contributed by atoms with Gasteiger partial charge in [0.25, 0.3) is 0 Å². The molecule has 2 amide bonds. The molecule has 1 heterocycles. The Kier molecular flexibility index (Phi) is 7.37. The maximum Gasteiger partial charge on any atom is 0.315 e. The number of halogens is 2. The second-order valence-corrected chi connectivity index (χ2v) is 9.84. The Balaban J connectivity index is 1.55. The fraction of sp³-hybridized carbons (Fsp3) is 0.391. The number of aliphatic hydroxyl groups excluding tert-OH is 1. The number of urea groups is 1. The molecule has 0 spiro atoms. The molecule has 1 fully saturated rings. The van der Waals surface area contributed by atoms with E-state index >= 15 is 0 Å². The molecule has 0 saturated heterocycles. The zero-order valence-corrected chi connectivity index (χ0v) is 20.9. The molecule has 2 aromatic carbocycles. The molecule has 0 radical (unpaired) electrons. The number of carbonyl (C=O) groups is 1. The van der Waals surface area contributed by atoms with Crippen LogP contribution in [-0.2, 0) is 6.42 Å². The Morgan fingerprint density at radius 2 is 1.88 bits per heavy atom. The molecule has 7 nitrogen and oxygen atoms in total. The van der Waals surface area contributed by atoms with Gasteiger partial charge in [0.1, 0.15) is 11.6 Å². The lowest BCUT2D eigenvalue weighted by Gasteiger charge is -2.27. The van der Waals surface area contributed by atoms with Crippen molar-refractivity contribution in [3.63, 3.8) is 0 Å². The van der Waals surface area contributed by atoms with Crippen LogP contribution in [0.2, 0.25) is 0 Å². The number of amides is 2.